The number of rotatable bonds is 4. The van der Waals surface area contributed by atoms with Crippen LogP contribution >= 0.6 is 0 Å². The molecule has 1 N–H and O–H groups in total. The SMILES string of the molecule is CCS(=O)(=O)N1C[C@@H](C(=O)Nc2ccc3ccccc3c2)Oc2ccccc21. The summed E-state index contributed by atoms with van der Waals surface area (Å²) in [7, 11) is -3.53. The summed E-state index contributed by atoms with van der Waals surface area (Å²) in [5, 5.41) is 4.92. The predicted octanol–water partition coefficient (Wildman–Crippen LogP) is 3.40. The summed E-state index contributed by atoms with van der Waals surface area (Å²) >= 11 is 0. The van der Waals surface area contributed by atoms with Crippen LogP contribution in [0.5, 0.6) is 5.75 Å². The second-order valence-corrected chi connectivity index (χ2v) is 8.74. The van der Waals surface area contributed by atoms with Crippen LogP contribution in [0.15, 0.2) is 66.7 Å². The molecule has 0 aliphatic carbocycles. The normalized spacial score (nSPS) is 16.3. The van der Waals surface area contributed by atoms with Crippen molar-refractivity contribution in [2.24, 2.45) is 0 Å². The molecule has 3 aromatic carbocycles. The van der Waals surface area contributed by atoms with Crippen molar-refractivity contribution in [2.75, 3.05) is 21.9 Å². The Morgan fingerprint density at radius 2 is 1.79 bits per heavy atom. The van der Waals surface area contributed by atoms with E-state index in [1.165, 1.54) is 4.31 Å². The number of nitrogens with one attached hydrogen (secondary N) is 1. The van der Waals surface area contributed by atoms with Crippen LogP contribution in [-0.4, -0.2) is 32.7 Å². The molecular weight excluding hydrogens is 376 g/mol. The first-order valence-corrected chi connectivity index (χ1v) is 10.6. The molecule has 144 valence electrons. The van der Waals surface area contributed by atoms with Gasteiger partial charge in [-0.3, -0.25) is 9.10 Å². The van der Waals surface area contributed by atoms with Gasteiger partial charge in [-0.2, -0.15) is 0 Å². The van der Waals surface area contributed by atoms with E-state index in [9.17, 15) is 13.2 Å². The van der Waals surface area contributed by atoms with Crippen LogP contribution in [0.25, 0.3) is 10.8 Å². The second kappa shape index (κ2) is 7.16. The van der Waals surface area contributed by atoms with Gasteiger partial charge in [0.05, 0.1) is 18.0 Å². The van der Waals surface area contributed by atoms with E-state index in [1.807, 2.05) is 42.5 Å². The molecule has 0 aromatic heterocycles. The highest BCUT2D eigenvalue weighted by atomic mass is 32.2. The molecule has 3 aromatic rings. The quantitative estimate of drug-likeness (QED) is 0.733. The summed E-state index contributed by atoms with van der Waals surface area (Å²) in [5.74, 6) is -0.0640. The van der Waals surface area contributed by atoms with E-state index < -0.39 is 16.1 Å². The van der Waals surface area contributed by atoms with Crippen LogP contribution in [0.4, 0.5) is 11.4 Å². The zero-order chi connectivity index (χ0) is 19.7. The van der Waals surface area contributed by atoms with Crippen LogP contribution in [0.2, 0.25) is 0 Å². The molecule has 0 saturated heterocycles. The molecule has 7 heteroatoms. The topological polar surface area (TPSA) is 75.7 Å². The monoisotopic (exact) mass is 396 g/mol. The zero-order valence-corrected chi connectivity index (χ0v) is 16.1. The van der Waals surface area contributed by atoms with Gasteiger partial charge in [-0.05, 0) is 42.0 Å². The summed E-state index contributed by atoms with van der Waals surface area (Å²) in [6.07, 6.45) is -0.942. The lowest BCUT2D eigenvalue weighted by Crippen LogP contribution is -2.49. The number of fused-ring (bicyclic) bond motifs is 2. The number of anilines is 2. The van der Waals surface area contributed by atoms with Gasteiger partial charge >= 0.3 is 0 Å². The van der Waals surface area contributed by atoms with Crippen molar-refractivity contribution >= 4 is 38.1 Å². The first kappa shape index (κ1) is 18.3. The third-order valence-corrected chi connectivity index (χ3v) is 6.49. The minimum absolute atomic E-state index is 0.0552. The largest absolute Gasteiger partial charge is 0.476 e. The van der Waals surface area contributed by atoms with Gasteiger partial charge in [0.2, 0.25) is 10.0 Å². The molecule has 0 spiro atoms. The van der Waals surface area contributed by atoms with Gasteiger partial charge in [-0.1, -0.05) is 42.5 Å². The Morgan fingerprint density at radius 3 is 2.57 bits per heavy atom. The van der Waals surface area contributed by atoms with Crippen LogP contribution in [0, 0.1) is 0 Å². The van der Waals surface area contributed by atoms with Crippen LogP contribution < -0.4 is 14.4 Å². The average Bonchev–Trinajstić information content (AvgIpc) is 2.72. The number of benzene rings is 3. The second-order valence-electron chi connectivity index (χ2n) is 6.56. The van der Waals surface area contributed by atoms with Gasteiger partial charge in [-0.15, -0.1) is 0 Å². The number of hydrogen-bond acceptors (Lipinski definition) is 4. The lowest BCUT2D eigenvalue weighted by Gasteiger charge is -2.34. The van der Waals surface area contributed by atoms with Gasteiger partial charge in [0, 0.05) is 5.69 Å². The van der Waals surface area contributed by atoms with Gasteiger partial charge in [0.25, 0.3) is 5.91 Å². The third-order valence-electron chi connectivity index (χ3n) is 4.74. The van der Waals surface area contributed by atoms with Crippen LogP contribution in [0.1, 0.15) is 6.92 Å². The Kier molecular flexibility index (Phi) is 4.68. The summed E-state index contributed by atoms with van der Waals surface area (Å²) in [4.78, 5) is 12.8. The molecule has 0 fully saturated rings. The Hall–Kier alpha value is -3.06. The first-order valence-electron chi connectivity index (χ1n) is 9.04. The minimum atomic E-state index is -3.53. The fraction of sp³-hybridized carbons (Fsp3) is 0.190. The Balaban J connectivity index is 1.60. The van der Waals surface area contributed by atoms with Crippen molar-refractivity contribution in [3.05, 3.63) is 66.7 Å². The minimum Gasteiger partial charge on any atom is -0.476 e. The molecular formula is C21H20N2O4S. The van der Waals surface area contributed by atoms with Crippen molar-refractivity contribution in [2.45, 2.75) is 13.0 Å². The van der Waals surface area contributed by atoms with E-state index >= 15 is 0 Å². The van der Waals surface area contributed by atoms with Crippen molar-refractivity contribution in [1.82, 2.24) is 0 Å². The number of amides is 1. The van der Waals surface area contributed by atoms with E-state index in [4.69, 9.17) is 4.74 Å². The third kappa shape index (κ3) is 3.41. The molecule has 1 heterocycles. The van der Waals surface area contributed by atoms with E-state index in [0.717, 1.165) is 10.8 Å². The van der Waals surface area contributed by atoms with Crippen molar-refractivity contribution < 1.29 is 17.9 Å². The standard InChI is InChI=1S/C21H20N2O4S/c1-2-28(25,26)23-14-20(27-19-10-6-5-9-18(19)23)21(24)22-17-12-11-15-7-3-4-8-16(15)13-17/h3-13,20H,2,14H2,1H3,(H,22,24)/t20-/m0/s1. The molecule has 0 saturated carbocycles. The lowest BCUT2D eigenvalue weighted by atomic mass is 10.1. The highest BCUT2D eigenvalue weighted by molar-refractivity contribution is 7.92. The number of para-hydroxylation sites is 2. The van der Waals surface area contributed by atoms with Crippen LogP contribution in [0.3, 0.4) is 0 Å². The zero-order valence-electron chi connectivity index (χ0n) is 15.3. The molecule has 1 amide bonds. The molecule has 28 heavy (non-hydrogen) atoms. The number of carbonyl (C=O) groups excluding carboxylic acids is 1. The molecule has 1 aliphatic heterocycles. The molecule has 0 radical (unpaired) electrons. The smallest absolute Gasteiger partial charge is 0.267 e. The van der Waals surface area contributed by atoms with Crippen molar-refractivity contribution in [1.29, 1.82) is 0 Å². The highest BCUT2D eigenvalue weighted by Crippen LogP contribution is 2.35. The number of sulfonamides is 1. The van der Waals surface area contributed by atoms with Crippen molar-refractivity contribution in [3.8, 4) is 5.75 Å². The van der Waals surface area contributed by atoms with Gasteiger partial charge in [0.15, 0.2) is 6.10 Å². The maximum absolute atomic E-state index is 12.8. The summed E-state index contributed by atoms with van der Waals surface area (Å²) < 4.78 is 32.1. The molecule has 0 bridgehead atoms. The van der Waals surface area contributed by atoms with E-state index in [2.05, 4.69) is 5.32 Å². The number of ether oxygens (including phenoxy) is 1. The highest BCUT2D eigenvalue weighted by Gasteiger charge is 2.35. The number of nitrogens with zero attached hydrogens (tertiary/aromatic N) is 1. The van der Waals surface area contributed by atoms with Crippen molar-refractivity contribution in [3.63, 3.8) is 0 Å². The Morgan fingerprint density at radius 1 is 1.07 bits per heavy atom. The summed E-state index contributed by atoms with van der Waals surface area (Å²) in [6.45, 7) is 1.52. The maximum atomic E-state index is 12.8. The predicted molar refractivity (Wildman–Crippen MR) is 110 cm³/mol. The van der Waals surface area contributed by atoms with E-state index in [0.29, 0.717) is 17.1 Å². The number of carbonyl (C=O) groups is 1. The summed E-state index contributed by atoms with van der Waals surface area (Å²) in [6, 6.07) is 20.3. The molecule has 4 rings (SSSR count). The first-order chi connectivity index (χ1) is 13.5. The van der Waals surface area contributed by atoms with Crippen LogP contribution in [-0.2, 0) is 14.8 Å². The van der Waals surface area contributed by atoms with E-state index in [1.54, 1.807) is 31.2 Å². The maximum Gasteiger partial charge on any atom is 0.267 e. The van der Waals surface area contributed by atoms with Gasteiger partial charge in [-0.25, -0.2) is 8.42 Å². The molecule has 6 nitrogen and oxygen atoms in total. The lowest BCUT2D eigenvalue weighted by molar-refractivity contribution is -0.122. The van der Waals surface area contributed by atoms with E-state index in [-0.39, 0.29) is 18.2 Å². The molecule has 1 aliphatic rings. The Labute approximate surface area is 163 Å². The Bertz CT molecular complexity index is 1140. The number of hydrogen-bond donors (Lipinski definition) is 1. The average molecular weight is 396 g/mol. The fourth-order valence-corrected chi connectivity index (χ4v) is 4.37. The molecule has 0 unspecified atom stereocenters. The molecule has 1 atom stereocenters. The van der Waals surface area contributed by atoms with Gasteiger partial charge < -0.3 is 10.1 Å². The van der Waals surface area contributed by atoms with Gasteiger partial charge in [0.1, 0.15) is 5.75 Å². The summed E-state index contributed by atoms with van der Waals surface area (Å²) in [5.41, 5.74) is 1.09. The fourth-order valence-electron chi connectivity index (χ4n) is 3.25.